The number of pyridine rings is 1. The number of aromatic nitrogens is 3. The predicted molar refractivity (Wildman–Crippen MR) is 123 cm³/mol. The molecule has 7 nitrogen and oxygen atoms in total. The van der Waals surface area contributed by atoms with Gasteiger partial charge in [-0.2, -0.15) is 0 Å². The monoisotopic (exact) mass is 485 g/mol. The molecule has 0 unspecified atom stereocenters. The average molecular weight is 486 g/mol. The van der Waals surface area contributed by atoms with Crippen molar-refractivity contribution in [3.63, 3.8) is 0 Å². The average Bonchev–Trinajstić information content (AvgIpc) is 3.18. The molecule has 0 atom stereocenters. The van der Waals surface area contributed by atoms with Crippen molar-refractivity contribution in [1.82, 2.24) is 19.9 Å². The van der Waals surface area contributed by atoms with E-state index in [9.17, 15) is 13.6 Å². The van der Waals surface area contributed by atoms with Crippen molar-refractivity contribution in [3.8, 4) is 5.75 Å². The molecule has 1 aliphatic rings. The molecule has 0 radical (unpaired) electrons. The highest BCUT2D eigenvalue weighted by molar-refractivity contribution is 6.31. The number of aryl methyl sites for hydroxylation is 2. The molecule has 0 spiro atoms. The van der Waals surface area contributed by atoms with Crippen molar-refractivity contribution in [3.05, 3.63) is 87.4 Å². The van der Waals surface area contributed by atoms with Crippen LogP contribution >= 0.6 is 11.6 Å². The van der Waals surface area contributed by atoms with E-state index in [2.05, 4.69) is 15.0 Å². The summed E-state index contributed by atoms with van der Waals surface area (Å²) in [6, 6.07) is 5.06. The van der Waals surface area contributed by atoms with Gasteiger partial charge in [0, 0.05) is 30.0 Å². The minimum Gasteiger partial charge on any atom is -0.492 e. The van der Waals surface area contributed by atoms with E-state index in [1.54, 1.807) is 13.8 Å². The number of amides is 1. The molecule has 0 saturated carbocycles. The maximum atomic E-state index is 13.9. The Balaban J connectivity index is 1.50. The summed E-state index contributed by atoms with van der Waals surface area (Å²) in [5, 5.41) is 0.482. The third kappa shape index (κ3) is 4.99. The van der Waals surface area contributed by atoms with E-state index in [1.807, 2.05) is 0 Å². The molecule has 1 amide bonds. The second-order valence-electron chi connectivity index (χ2n) is 7.95. The summed E-state index contributed by atoms with van der Waals surface area (Å²) >= 11 is 6.17. The van der Waals surface area contributed by atoms with Gasteiger partial charge in [-0.3, -0.25) is 9.78 Å². The second-order valence-corrected chi connectivity index (χ2v) is 8.33. The third-order valence-corrected chi connectivity index (χ3v) is 5.97. The highest BCUT2D eigenvalue weighted by Gasteiger charge is 2.29. The summed E-state index contributed by atoms with van der Waals surface area (Å²) in [6.45, 7) is 4.02. The van der Waals surface area contributed by atoms with Crippen LogP contribution in [-0.2, 0) is 6.42 Å². The minimum atomic E-state index is -0.542. The standard InChI is InChI=1S/C24H22ClF2N5O2/c1-13-22(25)14(2)31-23(30-13)19-11-32(12-20(19)28)24(33)18-4-3-16(26)8-21(18)34-6-5-15-7-17(27)10-29-9-15/h3-4,7-10H,5-6,11-12,28H2,1-2H3. The zero-order valence-corrected chi connectivity index (χ0v) is 19.4. The fourth-order valence-electron chi connectivity index (χ4n) is 3.68. The largest absolute Gasteiger partial charge is 0.492 e. The van der Waals surface area contributed by atoms with Crippen LogP contribution < -0.4 is 10.5 Å². The molecule has 1 aliphatic heterocycles. The summed E-state index contributed by atoms with van der Waals surface area (Å²) < 4.78 is 33.0. The van der Waals surface area contributed by atoms with Gasteiger partial charge in [0.15, 0.2) is 5.82 Å². The van der Waals surface area contributed by atoms with Crippen LogP contribution in [0.15, 0.2) is 42.4 Å². The first-order valence-corrected chi connectivity index (χ1v) is 10.9. The van der Waals surface area contributed by atoms with Crippen molar-refractivity contribution in [2.75, 3.05) is 19.7 Å². The molecule has 34 heavy (non-hydrogen) atoms. The summed E-state index contributed by atoms with van der Waals surface area (Å²) in [4.78, 5) is 27.4. The van der Waals surface area contributed by atoms with Gasteiger partial charge in [-0.15, -0.1) is 0 Å². The Hall–Kier alpha value is -3.59. The molecule has 0 saturated heterocycles. The Morgan fingerprint density at radius 2 is 1.85 bits per heavy atom. The fraction of sp³-hybridized carbons (Fsp3) is 0.250. The second kappa shape index (κ2) is 9.72. The van der Waals surface area contributed by atoms with Gasteiger partial charge in [-0.05, 0) is 37.6 Å². The highest BCUT2D eigenvalue weighted by Crippen LogP contribution is 2.28. The number of carbonyl (C=O) groups is 1. The lowest BCUT2D eigenvalue weighted by atomic mass is 10.1. The Kier molecular flexibility index (Phi) is 6.74. The molecule has 0 aliphatic carbocycles. The number of benzene rings is 1. The summed E-state index contributed by atoms with van der Waals surface area (Å²) in [5.41, 5.74) is 9.39. The normalized spacial score (nSPS) is 13.5. The maximum absolute atomic E-state index is 13.9. The van der Waals surface area contributed by atoms with E-state index in [0.29, 0.717) is 45.5 Å². The minimum absolute atomic E-state index is 0.0933. The molecule has 4 rings (SSSR count). The van der Waals surface area contributed by atoms with Crippen molar-refractivity contribution in [2.24, 2.45) is 5.73 Å². The molecule has 0 bridgehead atoms. The topological polar surface area (TPSA) is 94.2 Å². The van der Waals surface area contributed by atoms with E-state index < -0.39 is 11.6 Å². The summed E-state index contributed by atoms with van der Waals surface area (Å²) in [6.07, 6.45) is 2.96. The van der Waals surface area contributed by atoms with E-state index in [-0.39, 0.29) is 36.9 Å². The molecular weight excluding hydrogens is 464 g/mol. The number of hydrogen-bond donors (Lipinski definition) is 1. The van der Waals surface area contributed by atoms with Gasteiger partial charge in [0.2, 0.25) is 0 Å². The first-order chi connectivity index (χ1) is 16.2. The maximum Gasteiger partial charge on any atom is 0.258 e. The van der Waals surface area contributed by atoms with Crippen molar-refractivity contribution in [1.29, 1.82) is 0 Å². The number of rotatable bonds is 6. The van der Waals surface area contributed by atoms with Crippen LogP contribution in [0.1, 0.15) is 33.1 Å². The molecule has 1 aromatic carbocycles. The van der Waals surface area contributed by atoms with Crippen LogP contribution in [0.3, 0.4) is 0 Å². The lowest BCUT2D eigenvalue weighted by molar-refractivity contribution is 0.0794. The lowest BCUT2D eigenvalue weighted by Crippen LogP contribution is -2.30. The third-order valence-electron chi connectivity index (χ3n) is 5.42. The number of halogens is 3. The van der Waals surface area contributed by atoms with E-state index in [4.69, 9.17) is 22.1 Å². The van der Waals surface area contributed by atoms with Crippen LogP contribution in [0.4, 0.5) is 8.78 Å². The predicted octanol–water partition coefficient (Wildman–Crippen LogP) is 3.87. The molecule has 0 fully saturated rings. The first kappa shape index (κ1) is 23.6. The number of ether oxygens (including phenoxy) is 1. The first-order valence-electron chi connectivity index (χ1n) is 10.5. The van der Waals surface area contributed by atoms with Gasteiger partial charge < -0.3 is 15.4 Å². The van der Waals surface area contributed by atoms with Crippen LogP contribution in [-0.4, -0.2) is 45.5 Å². The van der Waals surface area contributed by atoms with Gasteiger partial charge in [0.05, 0.1) is 47.9 Å². The molecular formula is C24H22ClF2N5O2. The van der Waals surface area contributed by atoms with Crippen molar-refractivity contribution in [2.45, 2.75) is 20.3 Å². The lowest BCUT2D eigenvalue weighted by Gasteiger charge is -2.19. The Morgan fingerprint density at radius 1 is 1.12 bits per heavy atom. The van der Waals surface area contributed by atoms with Crippen LogP contribution in [0.2, 0.25) is 5.02 Å². The molecule has 2 aromatic heterocycles. The Morgan fingerprint density at radius 3 is 2.56 bits per heavy atom. The van der Waals surface area contributed by atoms with Gasteiger partial charge in [0.25, 0.3) is 5.91 Å². The summed E-state index contributed by atoms with van der Waals surface area (Å²) in [5.74, 6) is -0.853. The number of hydrogen-bond acceptors (Lipinski definition) is 6. The quantitative estimate of drug-likeness (QED) is 0.569. The fourth-order valence-corrected chi connectivity index (χ4v) is 3.76. The zero-order valence-electron chi connectivity index (χ0n) is 18.6. The van der Waals surface area contributed by atoms with E-state index in [0.717, 1.165) is 12.3 Å². The van der Waals surface area contributed by atoms with Gasteiger partial charge in [-0.1, -0.05) is 11.6 Å². The van der Waals surface area contributed by atoms with E-state index >= 15 is 0 Å². The van der Waals surface area contributed by atoms with Gasteiger partial charge >= 0.3 is 0 Å². The number of nitrogens with zero attached hydrogens (tertiary/aromatic N) is 4. The van der Waals surface area contributed by atoms with Gasteiger partial charge in [0.1, 0.15) is 17.4 Å². The van der Waals surface area contributed by atoms with Gasteiger partial charge in [-0.25, -0.2) is 18.7 Å². The number of carbonyl (C=O) groups excluding carboxylic acids is 1. The molecule has 3 aromatic rings. The highest BCUT2D eigenvalue weighted by atomic mass is 35.5. The zero-order chi connectivity index (χ0) is 24.4. The van der Waals surface area contributed by atoms with Crippen LogP contribution in [0, 0.1) is 25.5 Å². The van der Waals surface area contributed by atoms with E-state index in [1.165, 1.54) is 29.3 Å². The van der Waals surface area contributed by atoms with Crippen molar-refractivity contribution >= 4 is 23.1 Å². The molecule has 3 heterocycles. The Labute approximate surface area is 200 Å². The molecule has 10 heteroatoms. The van der Waals surface area contributed by atoms with Crippen molar-refractivity contribution < 1.29 is 18.3 Å². The molecule has 176 valence electrons. The number of nitrogens with two attached hydrogens (primary N) is 1. The summed E-state index contributed by atoms with van der Waals surface area (Å²) in [7, 11) is 0. The Bertz CT molecular complexity index is 1280. The van der Waals surface area contributed by atoms with Crippen LogP contribution in [0.5, 0.6) is 5.75 Å². The SMILES string of the molecule is Cc1nc(C2=C(N)CN(C(=O)c3ccc(F)cc3OCCc3cncc(F)c3)C2)nc(C)c1Cl. The molecule has 2 N–H and O–H groups in total. The van der Waals surface area contributed by atoms with Crippen LogP contribution in [0.25, 0.3) is 5.57 Å². The smallest absolute Gasteiger partial charge is 0.258 e.